The third-order valence-corrected chi connectivity index (χ3v) is 8.62. The van der Waals surface area contributed by atoms with Crippen molar-refractivity contribution in [2.45, 2.75) is 33.4 Å². The lowest BCUT2D eigenvalue weighted by molar-refractivity contribution is -0.136. The smallest absolute Gasteiger partial charge is 0.338 e. The minimum absolute atomic E-state index is 0.207. The number of rotatable bonds is 12. The molecule has 0 N–H and O–H groups in total. The number of fused-ring (bicyclic) bond motifs is 1. The number of nitrogens with zero attached hydrogens (tertiary/aromatic N) is 2. The van der Waals surface area contributed by atoms with Crippen LogP contribution in [0.4, 0.5) is 0 Å². The van der Waals surface area contributed by atoms with Crippen molar-refractivity contribution in [1.29, 1.82) is 0 Å². The van der Waals surface area contributed by atoms with Gasteiger partial charge in [-0.1, -0.05) is 45.5 Å². The lowest BCUT2D eigenvalue weighted by atomic mass is 9.97. The van der Waals surface area contributed by atoms with E-state index < -0.39 is 12.0 Å². The summed E-state index contributed by atoms with van der Waals surface area (Å²) < 4.78 is 30.6. The zero-order valence-corrected chi connectivity index (χ0v) is 28.7. The van der Waals surface area contributed by atoms with Crippen LogP contribution in [0.15, 0.2) is 86.7 Å². The van der Waals surface area contributed by atoms with Gasteiger partial charge in [-0.2, -0.15) is 0 Å². The van der Waals surface area contributed by atoms with Gasteiger partial charge in [-0.05, 0) is 80.4 Å². The lowest BCUT2D eigenvalue weighted by Crippen LogP contribution is -2.39. The predicted molar refractivity (Wildman–Crippen MR) is 181 cm³/mol. The van der Waals surface area contributed by atoms with Crippen LogP contribution in [0.3, 0.4) is 0 Å². The molecule has 244 valence electrons. The molecule has 0 aliphatic carbocycles. The summed E-state index contributed by atoms with van der Waals surface area (Å²) in [7, 11) is 1.29. The van der Waals surface area contributed by atoms with E-state index in [1.165, 1.54) is 29.2 Å². The lowest BCUT2D eigenvalue weighted by Gasteiger charge is -2.23. The van der Waals surface area contributed by atoms with Gasteiger partial charge in [0.1, 0.15) is 12.4 Å². The number of benzene rings is 3. The number of ether oxygens (including phenoxy) is 5. The molecule has 0 amide bonds. The number of thiazole rings is 1. The van der Waals surface area contributed by atoms with Gasteiger partial charge in [-0.3, -0.25) is 9.36 Å². The molecular weight excluding hydrogens is 688 g/mol. The van der Waals surface area contributed by atoms with Gasteiger partial charge < -0.3 is 23.7 Å². The first-order valence-corrected chi connectivity index (χ1v) is 16.6. The number of methoxy groups -OCH3 is 1. The number of hydrogen-bond donors (Lipinski definition) is 0. The Morgan fingerprint density at radius 1 is 0.894 bits per heavy atom. The summed E-state index contributed by atoms with van der Waals surface area (Å²) in [6, 6.07) is 17.1. The normalized spacial score (nSPS) is 14.0. The number of esters is 2. The topological polar surface area (TPSA) is 115 Å². The van der Waals surface area contributed by atoms with Crippen LogP contribution in [0.25, 0.3) is 6.08 Å². The fourth-order valence-electron chi connectivity index (χ4n) is 5.00. The maximum absolute atomic E-state index is 14.1. The SMILES string of the molecule is CCOC(=O)c1ccc(COc2ccc(Br)cc2/C=c2/sc3n(c2=O)[C@@H](c2ccc(OCC)c(OCC)c2)C(C(=O)OC)=CN=3)cc1. The van der Waals surface area contributed by atoms with Crippen LogP contribution >= 0.6 is 27.3 Å². The molecule has 1 aliphatic heterocycles. The van der Waals surface area contributed by atoms with Crippen molar-refractivity contribution < 1.29 is 33.3 Å². The van der Waals surface area contributed by atoms with Crippen molar-refractivity contribution in [3.05, 3.63) is 119 Å². The summed E-state index contributed by atoms with van der Waals surface area (Å²) >= 11 is 4.72. The minimum atomic E-state index is -0.813. The van der Waals surface area contributed by atoms with Gasteiger partial charge in [0.25, 0.3) is 5.56 Å². The molecule has 47 heavy (non-hydrogen) atoms. The molecule has 0 saturated heterocycles. The Balaban J connectivity index is 1.53. The van der Waals surface area contributed by atoms with Crippen molar-refractivity contribution >= 4 is 45.3 Å². The summed E-state index contributed by atoms with van der Waals surface area (Å²) in [5.74, 6) is 0.633. The molecule has 5 rings (SSSR count). The molecule has 0 fully saturated rings. The summed E-state index contributed by atoms with van der Waals surface area (Å²) in [6.45, 7) is 6.90. The van der Waals surface area contributed by atoms with Gasteiger partial charge in [0.05, 0.1) is 48.6 Å². The Kier molecular flexibility index (Phi) is 10.9. The van der Waals surface area contributed by atoms with Crippen molar-refractivity contribution in [2.24, 2.45) is 4.99 Å². The van der Waals surface area contributed by atoms with Crippen LogP contribution < -0.4 is 29.1 Å². The molecule has 10 nitrogen and oxygen atoms in total. The molecule has 3 aromatic carbocycles. The molecule has 0 saturated carbocycles. The van der Waals surface area contributed by atoms with Gasteiger partial charge in [-0.25, -0.2) is 14.6 Å². The fourth-order valence-corrected chi connectivity index (χ4v) is 6.34. The first-order chi connectivity index (χ1) is 22.8. The summed E-state index contributed by atoms with van der Waals surface area (Å²) in [5.41, 5.74) is 2.48. The zero-order chi connectivity index (χ0) is 33.5. The molecule has 12 heteroatoms. The number of aromatic nitrogens is 1. The number of halogens is 1. The van der Waals surface area contributed by atoms with E-state index in [2.05, 4.69) is 20.9 Å². The highest BCUT2D eigenvalue weighted by molar-refractivity contribution is 9.10. The molecule has 0 spiro atoms. The van der Waals surface area contributed by atoms with Gasteiger partial charge in [-0.15, -0.1) is 0 Å². The largest absolute Gasteiger partial charge is 0.490 e. The Hall–Kier alpha value is -4.68. The van der Waals surface area contributed by atoms with E-state index in [1.807, 2.05) is 32.0 Å². The third-order valence-electron chi connectivity index (χ3n) is 7.13. The first-order valence-electron chi connectivity index (χ1n) is 14.9. The Labute approximate surface area is 283 Å². The molecule has 0 radical (unpaired) electrons. The minimum Gasteiger partial charge on any atom is -0.490 e. The van der Waals surface area contributed by atoms with Crippen molar-refractivity contribution in [3.8, 4) is 17.2 Å². The maximum atomic E-state index is 14.1. The second-order valence-corrected chi connectivity index (χ2v) is 12.1. The molecule has 2 heterocycles. The van der Waals surface area contributed by atoms with Crippen molar-refractivity contribution in [3.63, 3.8) is 0 Å². The molecule has 1 atom stereocenters. The monoisotopic (exact) mass is 720 g/mol. The molecule has 0 bridgehead atoms. The Morgan fingerprint density at radius 3 is 2.32 bits per heavy atom. The van der Waals surface area contributed by atoms with Gasteiger partial charge >= 0.3 is 11.9 Å². The second kappa shape index (κ2) is 15.3. The van der Waals surface area contributed by atoms with Gasteiger partial charge in [0, 0.05) is 16.2 Å². The van der Waals surface area contributed by atoms with Crippen LogP contribution in [0.5, 0.6) is 17.2 Å². The number of carbonyl (C=O) groups excluding carboxylic acids is 2. The number of carbonyl (C=O) groups is 2. The fraction of sp³-hybridized carbons (Fsp3) is 0.257. The van der Waals surface area contributed by atoms with Crippen LogP contribution in [0.1, 0.15) is 53.9 Å². The molecule has 4 aromatic rings. The van der Waals surface area contributed by atoms with E-state index in [0.717, 1.165) is 10.0 Å². The summed E-state index contributed by atoms with van der Waals surface area (Å²) in [6.07, 6.45) is 3.19. The van der Waals surface area contributed by atoms with E-state index in [9.17, 15) is 14.4 Å². The van der Waals surface area contributed by atoms with Crippen molar-refractivity contribution in [1.82, 2.24) is 4.57 Å². The molecule has 1 aliphatic rings. The number of hydrogen-bond acceptors (Lipinski definition) is 10. The van der Waals surface area contributed by atoms with Crippen LogP contribution in [0.2, 0.25) is 0 Å². The standard InChI is InChI=1S/C35H33BrN2O8S/c1-5-43-28-14-12-23(17-29(28)44-6-2)31-26(34(41)42-4)19-37-35-38(31)32(39)30(47-35)18-24-16-25(36)13-15-27(24)46-20-21-8-10-22(11-9-21)33(40)45-7-3/h8-19,31H,5-7,20H2,1-4H3/b30-18+/t31-/m0/s1. The third kappa shape index (κ3) is 7.50. The average Bonchev–Trinajstić information content (AvgIpc) is 3.39. The maximum Gasteiger partial charge on any atom is 0.338 e. The van der Waals surface area contributed by atoms with Gasteiger partial charge in [0.15, 0.2) is 16.3 Å². The molecular formula is C35H33BrN2O8S. The summed E-state index contributed by atoms with van der Waals surface area (Å²) in [5, 5.41) is 0. The van der Waals surface area contributed by atoms with Gasteiger partial charge in [0.2, 0.25) is 0 Å². The van der Waals surface area contributed by atoms with Crippen molar-refractivity contribution in [2.75, 3.05) is 26.9 Å². The predicted octanol–water partition coefficient (Wildman–Crippen LogP) is 5.33. The first kappa shape index (κ1) is 33.7. The highest BCUT2D eigenvalue weighted by Gasteiger charge is 2.31. The molecule has 0 unspecified atom stereocenters. The van der Waals surface area contributed by atoms with Crippen LogP contribution in [-0.2, 0) is 20.9 Å². The van der Waals surface area contributed by atoms with E-state index in [0.29, 0.717) is 63.1 Å². The van der Waals surface area contributed by atoms with Crippen LogP contribution in [0, 0.1) is 0 Å². The van der Waals surface area contributed by atoms with E-state index in [4.69, 9.17) is 23.7 Å². The summed E-state index contributed by atoms with van der Waals surface area (Å²) in [4.78, 5) is 43.9. The Morgan fingerprint density at radius 2 is 1.62 bits per heavy atom. The van der Waals surface area contributed by atoms with Crippen LogP contribution in [-0.4, -0.2) is 43.4 Å². The quantitative estimate of drug-likeness (QED) is 0.181. The highest BCUT2D eigenvalue weighted by atomic mass is 79.9. The Bertz CT molecular complexity index is 2000. The van der Waals surface area contributed by atoms with E-state index in [-0.39, 0.29) is 23.7 Å². The molecule has 1 aromatic heterocycles. The highest BCUT2D eigenvalue weighted by Crippen LogP contribution is 2.35. The average molecular weight is 722 g/mol. The second-order valence-electron chi connectivity index (χ2n) is 10.1. The van der Waals surface area contributed by atoms with E-state index >= 15 is 0 Å². The van der Waals surface area contributed by atoms with E-state index in [1.54, 1.807) is 55.5 Å². The zero-order valence-electron chi connectivity index (χ0n) is 26.3.